The molecule has 4 nitrogen and oxygen atoms in total. The van der Waals surface area contributed by atoms with Crippen molar-refractivity contribution < 1.29 is 14.3 Å². The van der Waals surface area contributed by atoms with Gasteiger partial charge in [0.15, 0.2) is 0 Å². The number of hydrogen-bond acceptors (Lipinski definition) is 4. The van der Waals surface area contributed by atoms with Crippen molar-refractivity contribution in [3.63, 3.8) is 0 Å². The van der Waals surface area contributed by atoms with Gasteiger partial charge in [-0.15, -0.1) is 22.9 Å². The number of alkyl halides is 1. The molecule has 1 heterocycles. The lowest BCUT2D eigenvalue weighted by atomic mass is 10.1. The van der Waals surface area contributed by atoms with Crippen LogP contribution >= 0.6 is 22.9 Å². The Morgan fingerprint density at radius 1 is 1.33 bits per heavy atom. The molecule has 1 aliphatic rings. The Labute approximate surface area is 133 Å². The minimum atomic E-state index is -0.372. The van der Waals surface area contributed by atoms with E-state index in [4.69, 9.17) is 16.3 Å². The van der Waals surface area contributed by atoms with Crippen molar-refractivity contribution in [2.24, 2.45) is 5.92 Å². The van der Waals surface area contributed by atoms with E-state index in [9.17, 15) is 9.59 Å². The number of esters is 1. The summed E-state index contributed by atoms with van der Waals surface area (Å²) in [7, 11) is 1.37. The first-order chi connectivity index (χ1) is 10.1. The summed E-state index contributed by atoms with van der Waals surface area (Å²) < 4.78 is 4.90. The van der Waals surface area contributed by atoms with Gasteiger partial charge in [-0.1, -0.05) is 13.3 Å². The molecule has 1 aromatic heterocycles. The summed E-state index contributed by atoms with van der Waals surface area (Å²) in [5, 5.41) is 3.46. The van der Waals surface area contributed by atoms with E-state index >= 15 is 0 Å². The molecule has 0 spiro atoms. The third-order valence-corrected chi connectivity index (χ3v) is 5.40. The number of rotatable bonds is 4. The number of halogens is 1. The Hall–Kier alpha value is -1.07. The smallest absolute Gasteiger partial charge is 0.341 e. The summed E-state index contributed by atoms with van der Waals surface area (Å²) >= 11 is 7.22. The highest BCUT2D eigenvalue weighted by atomic mass is 35.5. The summed E-state index contributed by atoms with van der Waals surface area (Å²) in [6.07, 6.45) is 5.20. The Morgan fingerprint density at radius 3 is 2.71 bits per heavy atom. The molecular weight excluding hydrogens is 310 g/mol. The fourth-order valence-electron chi connectivity index (χ4n) is 2.45. The maximum Gasteiger partial charge on any atom is 0.341 e. The van der Waals surface area contributed by atoms with Crippen LogP contribution in [-0.2, 0) is 22.4 Å². The second-order valence-electron chi connectivity index (χ2n) is 5.30. The van der Waals surface area contributed by atoms with Gasteiger partial charge in [-0.2, -0.15) is 0 Å². The van der Waals surface area contributed by atoms with Gasteiger partial charge in [0, 0.05) is 16.7 Å². The van der Waals surface area contributed by atoms with E-state index in [1.165, 1.54) is 29.7 Å². The van der Waals surface area contributed by atoms with E-state index in [0.29, 0.717) is 10.6 Å². The van der Waals surface area contributed by atoms with Crippen LogP contribution in [-0.4, -0.2) is 24.9 Å². The van der Waals surface area contributed by atoms with Crippen molar-refractivity contribution in [2.45, 2.75) is 39.0 Å². The molecular formula is C15H20ClNO3S. The second-order valence-corrected chi connectivity index (χ2v) is 6.72. The van der Waals surface area contributed by atoms with Crippen molar-refractivity contribution in [1.82, 2.24) is 0 Å². The maximum absolute atomic E-state index is 12.1. The Kier molecular flexibility index (Phi) is 5.65. The number of thiophene rings is 1. The summed E-state index contributed by atoms with van der Waals surface area (Å²) in [5.41, 5.74) is 1.59. The van der Waals surface area contributed by atoms with Gasteiger partial charge in [-0.25, -0.2) is 4.79 Å². The first-order valence-corrected chi connectivity index (χ1v) is 8.53. The van der Waals surface area contributed by atoms with Crippen molar-refractivity contribution in [1.29, 1.82) is 0 Å². The lowest BCUT2D eigenvalue weighted by Gasteiger charge is -2.10. The van der Waals surface area contributed by atoms with Crippen LogP contribution in [0, 0.1) is 5.92 Å². The van der Waals surface area contributed by atoms with Crippen molar-refractivity contribution in [3.05, 3.63) is 16.0 Å². The van der Waals surface area contributed by atoms with Crippen LogP contribution < -0.4 is 5.32 Å². The van der Waals surface area contributed by atoms with Crippen LogP contribution in [0.3, 0.4) is 0 Å². The SMILES string of the molecule is COC(=O)c1c(NC(=O)C(C)CCl)sc2c1CCCCC2. The van der Waals surface area contributed by atoms with Crippen LogP contribution in [0.5, 0.6) is 0 Å². The first kappa shape index (κ1) is 16.3. The number of ether oxygens (including phenoxy) is 1. The standard InChI is InChI=1S/C15H20ClNO3S/c1-9(8-16)13(18)17-14-12(15(19)20-2)10-6-4-3-5-7-11(10)21-14/h9H,3-8H2,1-2H3,(H,17,18). The summed E-state index contributed by atoms with van der Waals surface area (Å²) in [5.74, 6) is -0.571. The molecule has 0 bridgehead atoms. The van der Waals surface area contributed by atoms with Gasteiger partial charge in [0.05, 0.1) is 12.7 Å². The van der Waals surface area contributed by atoms with Crippen molar-refractivity contribution in [3.8, 4) is 0 Å². The van der Waals surface area contributed by atoms with Crippen LogP contribution in [0.1, 0.15) is 47.0 Å². The fourth-order valence-corrected chi connectivity index (χ4v) is 3.87. The number of anilines is 1. The van der Waals surface area contributed by atoms with Crippen LogP contribution in [0.4, 0.5) is 5.00 Å². The molecule has 0 radical (unpaired) electrons. The molecule has 0 aliphatic heterocycles. The van der Waals surface area contributed by atoms with Gasteiger partial charge in [-0.05, 0) is 31.2 Å². The normalized spacial score (nSPS) is 15.8. The molecule has 6 heteroatoms. The Bertz CT molecular complexity index is 541. The summed E-state index contributed by atoms with van der Waals surface area (Å²) in [4.78, 5) is 25.3. The number of fused-ring (bicyclic) bond motifs is 1. The number of nitrogens with one attached hydrogen (secondary N) is 1. The quantitative estimate of drug-likeness (QED) is 0.521. The molecule has 0 saturated heterocycles. The first-order valence-electron chi connectivity index (χ1n) is 7.18. The third kappa shape index (κ3) is 3.58. The predicted octanol–water partition coefficient (Wildman–Crippen LogP) is 3.62. The average Bonchev–Trinajstić information content (AvgIpc) is 2.67. The molecule has 1 atom stereocenters. The second kappa shape index (κ2) is 7.27. The Morgan fingerprint density at radius 2 is 2.05 bits per heavy atom. The Balaban J connectivity index is 2.36. The zero-order valence-corrected chi connectivity index (χ0v) is 13.9. The molecule has 1 N–H and O–H groups in total. The minimum Gasteiger partial charge on any atom is -0.465 e. The molecule has 1 unspecified atom stereocenters. The van der Waals surface area contributed by atoms with Crippen LogP contribution in [0.2, 0.25) is 0 Å². The van der Waals surface area contributed by atoms with E-state index in [-0.39, 0.29) is 23.7 Å². The monoisotopic (exact) mass is 329 g/mol. The van der Waals surface area contributed by atoms with E-state index in [1.54, 1.807) is 6.92 Å². The summed E-state index contributed by atoms with van der Waals surface area (Å²) in [6.45, 7) is 1.76. The van der Waals surface area contributed by atoms with E-state index < -0.39 is 0 Å². The molecule has 1 amide bonds. The van der Waals surface area contributed by atoms with Gasteiger partial charge in [-0.3, -0.25) is 4.79 Å². The lowest BCUT2D eigenvalue weighted by molar-refractivity contribution is -0.118. The predicted molar refractivity (Wildman–Crippen MR) is 85.4 cm³/mol. The molecule has 0 fully saturated rings. The van der Waals surface area contributed by atoms with E-state index in [1.807, 2.05) is 0 Å². The van der Waals surface area contributed by atoms with Gasteiger partial charge < -0.3 is 10.1 Å². The molecule has 1 aliphatic carbocycles. The molecule has 21 heavy (non-hydrogen) atoms. The summed E-state index contributed by atoms with van der Waals surface area (Å²) in [6, 6.07) is 0. The van der Waals surface area contributed by atoms with Gasteiger partial charge in [0.1, 0.15) is 5.00 Å². The highest BCUT2D eigenvalue weighted by Crippen LogP contribution is 2.38. The molecule has 116 valence electrons. The molecule has 1 aromatic rings. The number of carbonyl (C=O) groups excluding carboxylic acids is 2. The number of methoxy groups -OCH3 is 1. The number of carbonyl (C=O) groups is 2. The highest BCUT2D eigenvalue weighted by Gasteiger charge is 2.26. The number of amides is 1. The zero-order valence-electron chi connectivity index (χ0n) is 12.3. The maximum atomic E-state index is 12.1. The van der Waals surface area contributed by atoms with E-state index in [0.717, 1.165) is 31.2 Å². The number of aryl methyl sites for hydroxylation is 1. The van der Waals surface area contributed by atoms with Crippen molar-refractivity contribution in [2.75, 3.05) is 18.3 Å². The average molecular weight is 330 g/mol. The van der Waals surface area contributed by atoms with Gasteiger partial charge >= 0.3 is 5.97 Å². The third-order valence-electron chi connectivity index (χ3n) is 3.73. The van der Waals surface area contributed by atoms with Crippen LogP contribution in [0.25, 0.3) is 0 Å². The fraction of sp³-hybridized carbons (Fsp3) is 0.600. The highest BCUT2D eigenvalue weighted by molar-refractivity contribution is 7.17. The van der Waals surface area contributed by atoms with Crippen LogP contribution in [0.15, 0.2) is 0 Å². The molecule has 2 rings (SSSR count). The topological polar surface area (TPSA) is 55.4 Å². The zero-order chi connectivity index (χ0) is 15.4. The minimum absolute atomic E-state index is 0.161. The van der Waals surface area contributed by atoms with Crippen molar-refractivity contribution >= 4 is 39.8 Å². The number of hydrogen-bond donors (Lipinski definition) is 1. The lowest BCUT2D eigenvalue weighted by Crippen LogP contribution is -2.22. The molecule has 0 saturated carbocycles. The van der Waals surface area contributed by atoms with Gasteiger partial charge in [0.2, 0.25) is 5.91 Å². The van der Waals surface area contributed by atoms with E-state index in [2.05, 4.69) is 5.32 Å². The largest absolute Gasteiger partial charge is 0.465 e. The van der Waals surface area contributed by atoms with Gasteiger partial charge in [0.25, 0.3) is 0 Å². The molecule has 0 aromatic carbocycles.